The molecule has 0 atom stereocenters. The molecule has 0 bridgehead atoms. The van der Waals surface area contributed by atoms with Gasteiger partial charge in [-0.2, -0.15) is 0 Å². The first-order valence-corrected chi connectivity index (χ1v) is 9.96. The lowest BCUT2D eigenvalue weighted by atomic mass is 10.0. The van der Waals surface area contributed by atoms with Crippen molar-refractivity contribution in [1.82, 2.24) is 4.98 Å². The van der Waals surface area contributed by atoms with Crippen LogP contribution in [0.5, 0.6) is 5.75 Å². The van der Waals surface area contributed by atoms with Gasteiger partial charge in [-0.05, 0) is 48.2 Å². The molecule has 30 heavy (non-hydrogen) atoms. The fraction of sp³-hybridized carbons (Fsp3) is 0.208. The molecule has 6 heteroatoms. The van der Waals surface area contributed by atoms with Gasteiger partial charge in [0.1, 0.15) is 5.75 Å². The average Bonchev–Trinajstić information content (AvgIpc) is 2.76. The number of nitrogens with zero attached hydrogens (tertiary/aromatic N) is 2. The monoisotopic (exact) mass is 403 g/mol. The third-order valence-corrected chi connectivity index (χ3v) is 4.79. The van der Waals surface area contributed by atoms with Gasteiger partial charge in [-0.3, -0.25) is 19.5 Å². The number of phenolic OH excluding ortho intramolecular Hbond substituents is 1. The molecule has 2 amide bonds. The quantitative estimate of drug-likeness (QED) is 0.512. The van der Waals surface area contributed by atoms with E-state index in [9.17, 15) is 14.7 Å². The van der Waals surface area contributed by atoms with E-state index in [4.69, 9.17) is 5.73 Å². The van der Waals surface area contributed by atoms with E-state index in [0.29, 0.717) is 30.6 Å². The molecule has 0 aliphatic rings. The molecule has 3 aromatic rings. The summed E-state index contributed by atoms with van der Waals surface area (Å²) in [5.41, 5.74) is 8.04. The molecule has 1 aromatic heterocycles. The molecule has 0 fully saturated rings. The van der Waals surface area contributed by atoms with E-state index in [1.54, 1.807) is 30.6 Å². The van der Waals surface area contributed by atoms with E-state index in [2.05, 4.69) is 4.98 Å². The number of hydrogen-bond donors (Lipinski definition) is 2. The van der Waals surface area contributed by atoms with Gasteiger partial charge in [0.15, 0.2) is 0 Å². The predicted octanol–water partition coefficient (Wildman–Crippen LogP) is 4.55. The van der Waals surface area contributed by atoms with Crippen molar-refractivity contribution in [2.45, 2.75) is 32.1 Å². The van der Waals surface area contributed by atoms with Crippen molar-refractivity contribution >= 4 is 23.2 Å². The number of amides is 2. The van der Waals surface area contributed by atoms with E-state index in [-0.39, 0.29) is 24.0 Å². The highest BCUT2D eigenvalue weighted by Gasteiger charge is 2.21. The first-order valence-electron chi connectivity index (χ1n) is 9.96. The summed E-state index contributed by atoms with van der Waals surface area (Å²) < 4.78 is 0. The van der Waals surface area contributed by atoms with Gasteiger partial charge < -0.3 is 10.8 Å². The molecule has 0 saturated heterocycles. The van der Waals surface area contributed by atoms with Crippen LogP contribution in [0.2, 0.25) is 0 Å². The van der Waals surface area contributed by atoms with Crippen LogP contribution in [-0.4, -0.2) is 21.9 Å². The molecule has 0 unspecified atom stereocenters. The highest BCUT2D eigenvalue weighted by Crippen LogP contribution is 2.37. The molecule has 0 spiro atoms. The minimum absolute atomic E-state index is 0.0145. The number of carbonyl (C=O) groups excluding carboxylic acids is 2. The number of pyridine rings is 1. The highest BCUT2D eigenvalue weighted by molar-refractivity contribution is 6.02. The number of hydrogen-bond acceptors (Lipinski definition) is 4. The number of benzene rings is 2. The Morgan fingerprint density at radius 1 is 0.900 bits per heavy atom. The molecule has 0 aliphatic heterocycles. The van der Waals surface area contributed by atoms with Gasteiger partial charge >= 0.3 is 0 Å². The number of unbranched alkanes of at least 4 members (excludes halogenated alkanes) is 2. The van der Waals surface area contributed by atoms with Crippen molar-refractivity contribution in [2.24, 2.45) is 5.73 Å². The summed E-state index contributed by atoms with van der Waals surface area (Å²) in [6.45, 7) is 0. The van der Waals surface area contributed by atoms with E-state index in [0.717, 1.165) is 17.5 Å². The second-order valence-corrected chi connectivity index (χ2v) is 7.04. The Morgan fingerprint density at radius 3 is 2.37 bits per heavy atom. The lowest BCUT2D eigenvalue weighted by Crippen LogP contribution is -2.26. The summed E-state index contributed by atoms with van der Waals surface area (Å²) >= 11 is 0. The van der Waals surface area contributed by atoms with Crippen molar-refractivity contribution in [3.8, 4) is 16.9 Å². The summed E-state index contributed by atoms with van der Waals surface area (Å²) in [6.07, 6.45) is 5.84. The largest absolute Gasteiger partial charge is 0.506 e. The third kappa shape index (κ3) is 5.44. The van der Waals surface area contributed by atoms with Crippen molar-refractivity contribution in [3.63, 3.8) is 0 Å². The fourth-order valence-electron chi connectivity index (χ4n) is 3.28. The second-order valence-electron chi connectivity index (χ2n) is 7.04. The second kappa shape index (κ2) is 10.2. The number of carbonyl (C=O) groups is 2. The van der Waals surface area contributed by atoms with E-state index in [1.807, 2.05) is 42.5 Å². The van der Waals surface area contributed by atoms with Gasteiger partial charge in [-0.1, -0.05) is 42.8 Å². The standard InChI is InChI=1S/C24H25N3O3/c25-23(29)11-5-2-6-12-24(30)27(20-10-7-15-26-17-20)21-16-19(13-14-22(21)28)18-8-3-1-4-9-18/h1,3-4,7-10,13-17,28H,2,5-6,11-12H2,(H2,25,29). The number of rotatable bonds is 9. The smallest absolute Gasteiger partial charge is 0.231 e. The zero-order chi connectivity index (χ0) is 21.3. The molecular formula is C24H25N3O3. The first-order chi connectivity index (χ1) is 14.6. The Kier molecular flexibility index (Phi) is 7.16. The minimum Gasteiger partial charge on any atom is -0.506 e. The number of primary amides is 1. The molecule has 0 radical (unpaired) electrons. The van der Waals surface area contributed by atoms with Gasteiger partial charge in [0.05, 0.1) is 17.6 Å². The van der Waals surface area contributed by atoms with Gasteiger partial charge in [0, 0.05) is 19.0 Å². The van der Waals surface area contributed by atoms with Crippen LogP contribution in [0.25, 0.3) is 11.1 Å². The van der Waals surface area contributed by atoms with Crippen molar-refractivity contribution in [3.05, 3.63) is 73.1 Å². The Hall–Kier alpha value is -3.67. The van der Waals surface area contributed by atoms with Crippen LogP contribution in [0.4, 0.5) is 11.4 Å². The fourth-order valence-corrected chi connectivity index (χ4v) is 3.28. The lowest BCUT2D eigenvalue weighted by Gasteiger charge is -2.24. The number of aromatic nitrogens is 1. The van der Waals surface area contributed by atoms with Crippen LogP contribution in [0, 0.1) is 0 Å². The van der Waals surface area contributed by atoms with E-state index in [1.165, 1.54) is 4.90 Å². The summed E-state index contributed by atoms with van der Waals surface area (Å²) in [4.78, 5) is 29.6. The van der Waals surface area contributed by atoms with Gasteiger partial charge in [0.25, 0.3) is 0 Å². The van der Waals surface area contributed by atoms with E-state index >= 15 is 0 Å². The molecule has 1 heterocycles. The number of phenols is 1. The summed E-state index contributed by atoms with van der Waals surface area (Å²) in [6, 6.07) is 18.5. The maximum Gasteiger partial charge on any atom is 0.231 e. The molecule has 3 N–H and O–H groups in total. The SMILES string of the molecule is NC(=O)CCCCCC(=O)N(c1cccnc1)c1cc(-c2ccccc2)ccc1O. The number of anilines is 2. The molecule has 6 nitrogen and oxygen atoms in total. The van der Waals surface area contributed by atoms with Crippen LogP contribution >= 0.6 is 0 Å². The van der Waals surface area contributed by atoms with Gasteiger partial charge in [-0.15, -0.1) is 0 Å². The van der Waals surface area contributed by atoms with E-state index < -0.39 is 0 Å². The number of nitrogens with two attached hydrogens (primary N) is 1. The maximum atomic E-state index is 13.1. The Morgan fingerprint density at radius 2 is 1.67 bits per heavy atom. The molecular weight excluding hydrogens is 378 g/mol. The van der Waals surface area contributed by atoms with Crippen LogP contribution in [-0.2, 0) is 9.59 Å². The summed E-state index contributed by atoms with van der Waals surface area (Å²) in [7, 11) is 0. The molecule has 3 rings (SSSR count). The molecule has 154 valence electrons. The average molecular weight is 403 g/mol. The highest BCUT2D eigenvalue weighted by atomic mass is 16.3. The Balaban J connectivity index is 1.88. The minimum atomic E-state index is -0.332. The van der Waals surface area contributed by atoms with Crippen molar-refractivity contribution in [2.75, 3.05) is 4.90 Å². The van der Waals surface area contributed by atoms with Crippen LogP contribution in [0.15, 0.2) is 73.1 Å². The van der Waals surface area contributed by atoms with Gasteiger partial charge in [0.2, 0.25) is 11.8 Å². The molecule has 0 aliphatic carbocycles. The lowest BCUT2D eigenvalue weighted by molar-refractivity contribution is -0.118. The molecule has 0 saturated carbocycles. The predicted molar refractivity (Wildman–Crippen MR) is 117 cm³/mol. The van der Waals surface area contributed by atoms with Crippen LogP contribution in [0.1, 0.15) is 32.1 Å². The zero-order valence-corrected chi connectivity index (χ0v) is 16.7. The maximum absolute atomic E-state index is 13.1. The van der Waals surface area contributed by atoms with Gasteiger partial charge in [-0.25, -0.2) is 0 Å². The topological polar surface area (TPSA) is 96.5 Å². The molecule has 2 aromatic carbocycles. The number of aromatic hydroxyl groups is 1. The summed E-state index contributed by atoms with van der Waals surface area (Å²) in [5.74, 6) is -0.468. The zero-order valence-electron chi connectivity index (χ0n) is 16.7. The summed E-state index contributed by atoms with van der Waals surface area (Å²) in [5, 5.41) is 10.6. The first kappa shape index (κ1) is 21.0. The Bertz CT molecular complexity index is 991. The van der Waals surface area contributed by atoms with Crippen molar-refractivity contribution in [1.29, 1.82) is 0 Å². The van der Waals surface area contributed by atoms with Crippen LogP contribution < -0.4 is 10.6 Å². The van der Waals surface area contributed by atoms with Crippen molar-refractivity contribution < 1.29 is 14.7 Å². The normalized spacial score (nSPS) is 10.5. The van der Waals surface area contributed by atoms with Crippen LogP contribution in [0.3, 0.4) is 0 Å². The third-order valence-electron chi connectivity index (χ3n) is 4.79. The Labute approximate surface area is 176 Å².